The molecule has 0 fully saturated rings. The predicted octanol–water partition coefficient (Wildman–Crippen LogP) is -0.230. The number of nitrogens with two attached hydrogens (primary N) is 1. The van der Waals surface area contributed by atoms with E-state index in [0.717, 1.165) is 0 Å². The topological polar surface area (TPSA) is 114 Å². The van der Waals surface area contributed by atoms with E-state index in [1.54, 1.807) is 0 Å². The Morgan fingerprint density at radius 1 is 1.50 bits per heavy atom. The molecular weight excluding hydrogens is 210 g/mol. The van der Waals surface area contributed by atoms with E-state index in [9.17, 15) is 13.2 Å². The molecule has 1 rings (SSSR count). The van der Waals surface area contributed by atoms with Crippen LogP contribution in [0.1, 0.15) is 0 Å². The molecule has 0 saturated heterocycles. The van der Waals surface area contributed by atoms with E-state index in [0.29, 0.717) is 0 Å². The van der Waals surface area contributed by atoms with Crippen molar-refractivity contribution in [1.29, 1.82) is 0 Å². The van der Waals surface area contributed by atoms with Crippen LogP contribution in [0.4, 0.5) is 10.6 Å². The number of aromatic nitrogens is 1. The lowest BCUT2D eigenvalue weighted by Crippen LogP contribution is -2.40. The number of nitrogens with zero attached hydrogens (tertiary/aromatic N) is 2. The second-order valence-electron chi connectivity index (χ2n) is 2.27. The zero-order chi connectivity index (χ0) is 10.8. The molecule has 0 aliphatic rings. The fraction of sp³-hybridized carbons (Fsp3) is 0. The predicted molar refractivity (Wildman–Crippen MR) is 47.8 cm³/mol. The van der Waals surface area contributed by atoms with Crippen molar-refractivity contribution in [2.45, 2.75) is 0 Å². The van der Waals surface area contributed by atoms with Gasteiger partial charge in [0.2, 0.25) is 0 Å². The zero-order valence-corrected chi connectivity index (χ0v) is 7.68. The second-order valence-corrected chi connectivity index (χ2v) is 3.53. The van der Waals surface area contributed by atoms with Crippen LogP contribution in [0.25, 0.3) is 0 Å². The van der Waals surface area contributed by atoms with Crippen LogP contribution in [-0.2, 0) is 10.3 Å². The number of hydrogen-bond acceptors (Lipinski definition) is 4. The highest BCUT2D eigenvalue weighted by Gasteiger charge is 2.25. The average Bonchev–Trinajstić information content (AvgIpc) is 2.02. The van der Waals surface area contributed by atoms with Crippen LogP contribution >= 0.6 is 0 Å². The SMILES string of the molecule is NC(=O)N(c1ccccn1)S(=O)(=O)O. The summed E-state index contributed by atoms with van der Waals surface area (Å²) in [4.78, 5) is 14.3. The highest BCUT2D eigenvalue weighted by atomic mass is 32.2. The Kier molecular flexibility index (Phi) is 2.68. The Bertz CT molecular complexity index is 430. The molecule has 0 aliphatic carbocycles. The molecule has 0 radical (unpaired) electrons. The molecule has 76 valence electrons. The van der Waals surface area contributed by atoms with Crippen molar-refractivity contribution >= 4 is 22.2 Å². The highest BCUT2D eigenvalue weighted by molar-refractivity contribution is 7.88. The monoisotopic (exact) mass is 217 g/mol. The fourth-order valence-corrected chi connectivity index (χ4v) is 1.39. The van der Waals surface area contributed by atoms with Crippen LogP contribution in [0.3, 0.4) is 0 Å². The Labute approximate surface area is 80.0 Å². The van der Waals surface area contributed by atoms with Crippen LogP contribution in [0.15, 0.2) is 24.4 Å². The summed E-state index contributed by atoms with van der Waals surface area (Å²) < 4.78 is 30.1. The summed E-state index contributed by atoms with van der Waals surface area (Å²) in [7, 11) is -4.72. The van der Waals surface area contributed by atoms with E-state index in [4.69, 9.17) is 10.3 Å². The first-order valence-electron chi connectivity index (χ1n) is 3.41. The van der Waals surface area contributed by atoms with Gasteiger partial charge in [-0.15, -0.1) is 4.31 Å². The lowest BCUT2D eigenvalue weighted by molar-refractivity contribution is 0.256. The van der Waals surface area contributed by atoms with Gasteiger partial charge in [0.05, 0.1) is 0 Å². The van der Waals surface area contributed by atoms with E-state index < -0.39 is 16.3 Å². The second kappa shape index (κ2) is 3.60. The molecule has 1 heterocycles. The van der Waals surface area contributed by atoms with Crippen LogP contribution in [0.5, 0.6) is 0 Å². The molecule has 0 aliphatic heterocycles. The normalized spacial score (nSPS) is 10.9. The minimum Gasteiger partial charge on any atom is -0.350 e. The third kappa shape index (κ3) is 2.18. The Balaban J connectivity index is 3.22. The van der Waals surface area contributed by atoms with E-state index in [1.165, 1.54) is 24.4 Å². The minimum atomic E-state index is -4.72. The number of carbonyl (C=O) groups excluding carboxylic acids is 1. The molecule has 0 spiro atoms. The Morgan fingerprint density at radius 3 is 2.50 bits per heavy atom. The summed E-state index contributed by atoms with van der Waals surface area (Å²) in [6.07, 6.45) is 1.26. The van der Waals surface area contributed by atoms with Crippen molar-refractivity contribution in [2.75, 3.05) is 4.31 Å². The third-order valence-electron chi connectivity index (χ3n) is 1.29. The molecular formula is C6H7N3O4S. The molecule has 0 bridgehead atoms. The first kappa shape index (κ1) is 10.4. The van der Waals surface area contributed by atoms with Crippen molar-refractivity contribution in [1.82, 2.24) is 4.98 Å². The van der Waals surface area contributed by atoms with Gasteiger partial charge in [0, 0.05) is 6.20 Å². The fourth-order valence-electron chi connectivity index (χ4n) is 0.819. The first-order chi connectivity index (χ1) is 6.43. The van der Waals surface area contributed by atoms with Crippen LogP contribution in [0, 0.1) is 0 Å². The van der Waals surface area contributed by atoms with E-state index in [1.807, 2.05) is 0 Å². The van der Waals surface area contributed by atoms with Gasteiger partial charge in [-0.2, -0.15) is 8.42 Å². The van der Waals surface area contributed by atoms with Gasteiger partial charge in [-0.05, 0) is 12.1 Å². The molecule has 1 aromatic rings. The molecule has 14 heavy (non-hydrogen) atoms. The zero-order valence-electron chi connectivity index (χ0n) is 6.86. The van der Waals surface area contributed by atoms with Crippen LogP contribution in [-0.4, -0.2) is 24.0 Å². The quantitative estimate of drug-likeness (QED) is 0.664. The van der Waals surface area contributed by atoms with Gasteiger partial charge >= 0.3 is 16.3 Å². The van der Waals surface area contributed by atoms with Gasteiger partial charge in [-0.3, -0.25) is 4.55 Å². The molecule has 1 aromatic heterocycles. The highest BCUT2D eigenvalue weighted by Crippen LogP contribution is 2.11. The summed E-state index contributed by atoms with van der Waals surface area (Å²) in [6.45, 7) is 0. The number of urea groups is 1. The van der Waals surface area contributed by atoms with Gasteiger partial charge in [0.25, 0.3) is 0 Å². The average molecular weight is 217 g/mol. The maximum Gasteiger partial charge on any atom is 0.369 e. The molecule has 0 aromatic carbocycles. The Morgan fingerprint density at radius 2 is 2.14 bits per heavy atom. The largest absolute Gasteiger partial charge is 0.369 e. The van der Waals surface area contributed by atoms with Crippen molar-refractivity contribution < 1.29 is 17.8 Å². The van der Waals surface area contributed by atoms with Gasteiger partial charge in [-0.1, -0.05) is 6.07 Å². The smallest absolute Gasteiger partial charge is 0.350 e. The van der Waals surface area contributed by atoms with Crippen LogP contribution < -0.4 is 10.0 Å². The van der Waals surface area contributed by atoms with E-state index in [-0.39, 0.29) is 10.1 Å². The number of hydrogen-bond donors (Lipinski definition) is 2. The van der Waals surface area contributed by atoms with E-state index in [2.05, 4.69) is 4.98 Å². The molecule has 0 atom stereocenters. The standard InChI is InChI=1S/C6H7N3O4S/c7-6(10)9(14(11,12)13)5-3-1-2-4-8-5/h1-4H,(H2,7,10)(H,11,12,13). The summed E-state index contributed by atoms with van der Waals surface area (Å²) >= 11 is 0. The molecule has 8 heteroatoms. The molecule has 3 N–H and O–H groups in total. The molecule has 0 unspecified atom stereocenters. The maximum absolute atomic E-state index is 10.7. The number of primary amides is 1. The minimum absolute atomic E-state index is 0.00694. The van der Waals surface area contributed by atoms with Crippen molar-refractivity contribution in [3.05, 3.63) is 24.4 Å². The number of rotatable bonds is 2. The number of pyridine rings is 1. The maximum atomic E-state index is 10.7. The van der Waals surface area contributed by atoms with E-state index >= 15 is 0 Å². The summed E-state index contributed by atoms with van der Waals surface area (Å²) in [5.74, 6) is -0.262. The Hall–Kier alpha value is -1.67. The number of carbonyl (C=O) groups is 1. The molecule has 0 saturated carbocycles. The van der Waals surface area contributed by atoms with Crippen LogP contribution in [0.2, 0.25) is 0 Å². The lowest BCUT2D eigenvalue weighted by atomic mass is 10.5. The molecule has 2 amide bonds. The lowest BCUT2D eigenvalue weighted by Gasteiger charge is -2.14. The summed E-state index contributed by atoms with van der Waals surface area (Å²) in [5, 5.41) is 0. The molecule has 7 nitrogen and oxygen atoms in total. The first-order valence-corrected chi connectivity index (χ1v) is 4.81. The van der Waals surface area contributed by atoms with Crippen molar-refractivity contribution in [3.8, 4) is 0 Å². The van der Waals surface area contributed by atoms with Crippen molar-refractivity contribution in [3.63, 3.8) is 0 Å². The van der Waals surface area contributed by atoms with Gasteiger partial charge in [0.1, 0.15) is 0 Å². The summed E-state index contributed by atoms with van der Waals surface area (Å²) in [6, 6.07) is 2.86. The number of anilines is 1. The summed E-state index contributed by atoms with van der Waals surface area (Å²) in [5.41, 5.74) is 4.76. The van der Waals surface area contributed by atoms with Gasteiger partial charge < -0.3 is 5.73 Å². The van der Waals surface area contributed by atoms with Gasteiger partial charge in [0.15, 0.2) is 5.82 Å². The third-order valence-corrected chi connectivity index (χ3v) is 2.12. The number of amides is 2. The van der Waals surface area contributed by atoms with Crippen molar-refractivity contribution in [2.24, 2.45) is 5.73 Å². The van der Waals surface area contributed by atoms with Gasteiger partial charge in [-0.25, -0.2) is 9.78 Å².